The second-order valence-corrected chi connectivity index (χ2v) is 5.62. The first kappa shape index (κ1) is 19.0. The van der Waals surface area contributed by atoms with Gasteiger partial charge in [-0.2, -0.15) is 13.2 Å². The van der Waals surface area contributed by atoms with Crippen LogP contribution in [0.4, 0.5) is 18.0 Å². The van der Waals surface area contributed by atoms with Gasteiger partial charge in [0.1, 0.15) is 13.2 Å². The van der Waals surface area contributed by atoms with Gasteiger partial charge in [0, 0.05) is 6.54 Å². The number of hydrogen-bond acceptors (Lipinski definition) is 4. The van der Waals surface area contributed by atoms with Gasteiger partial charge in [-0.3, -0.25) is 4.90 Å². The minimum Gasteiger partial charge on any atom is -0.480 e. The van der Waals surface area contributed by atoms with E-state index in [0.717, 1.165) is 4.90 Å². The zero-order chi connectivity index (χ0) is 18.4. The first-order valence-corrected chi connectivity index (χ1v) is 7.66. The third kappa shape index (κ3) is 5.63. The Bertz CT molecular complexity index is 593. The van der Waals surface area contributed by atoms with Crippen LogP contribution in [0.3, 0.4) is 0 Å². The molecular weight excluding hydrogens is 343 g/mol. The molecule has 1 saturated heterocycles. The summed E-state index contributed by atoms with van der Waals surface area (Å²) in [6.07, 6.45) is -6.25. The normalized spacial score (nSPS) is 21.0. The highest BCUT2D eigenvalue weighted by Crippen LogP contribution is 2.25. The third-order valence-corrected chi connectivity index (χ3v) is 3.73. The predicted molar refractivity (Wildman–Crippen MR) is 79.8 cm³/mol. The lowest BCUT2D eigenvalue weighted by Gasteiger charge is -2.37. The first-order valence-electron chi connectivity index (χ1n) is 7.66. The highest BCUT2D eigenvalue weighted by Gasteiger charge is 2.42. The Kier molecular flexibility index (Phi) is 6.24. The van der Waals surface area contributed by atoms with E-state index >= 15 is 0 Å². The van der Waals surface area contributed by atoms with Crippen LogP contribution in [0.15, 0.2) is 30.3 Å². The van der Waals surface area contributed by atoms with Crippen molar-refractivity contribution < 1.29 is 37.3 Å². The SMILES string of the molecule is O=C(O)C1C(OCC(F)(F)F)CCCN1C(=O)OCc1ccccc1. The van der Waals surface area contributed by atoms with E-state index in [0.29, 0.717) is 12.0 Å². The number of carboxylic acid groups (broad SMARTS) is 1. The number of benzene rings is 1. The van der Waals surface area contributed by atoms with Crippen LogP contribution in [0.5, 0.6) is 0 Å². The molecule has 0 saturated carbocycles. The molecule has 138 valence electrons. The number of amides is 1. The summed E-state index contributed by atoms with van der Waals surface area (Å²) in [6, 6.07) is 7.25. The maximum atomic E-state index is 12.3. The molecular formula is C16H18F3NO5. The Balaban J connectivity index is 2.01. The third-order valence-electron chi connectivity index (χ3n) is 3.73. The molecule has 1 aliphatic rings. The van der Waals surface area contributed by atoms with Crippen LogP contribution in [0.25, 0.3) is 0 Å². The molecule has 0 aliphatic carbocycles. The molecule has 0 aromatic heterocycles. The number of hydrogen-bond donors (Lipinski definition) is 1. The molecule has 0 radical (unpaired) electrons. The number of alkyl halides is 3. The van der Waals surface area contributed by atoms with Crippen LogP contribution < -0.4 is 0 Å². The monoisotopic (exact) mass is 361 g/mol. The molecule has 0 spiro atoms. The van der Waals surface area contributed by atoms with Crippen molar-refractivity contribution in [2.45, 2.75) is 37.8 Å². The minimum atomic E-state index is -4.57. The molecule has 1 aliphatic heterocycles. The number of carbonyl (C=O) groups is 2. The zero-order valence-corrected chi connectivity index (χ0v) is 13.2. The fourth-order valence-electron chi connectivity index (χ4n) is 2.64. The van der Waals surface area contributed by atoms with E-state index < -0.39 is 37.0 Å². The summed E-state index contributed by atoms with van der Waals surface area (Å²) in [5.74, 6) is -1.43. The van der Waals surface area contributed by atoms with E-state index in [9.17, 15) is 27.9 Å². The Morgan fingerprint density at radius 3 is 2.52 bits per heavy atom. The molecule has 2 unspecified atom stereocenters. The van der Waals surface area contributed by atoms with Crippen molar-refractivity contribution in [1.82, 2.24) is 4.90 Å². The summed E-state index contributed by atoms with van der Waals surface area (Å²) in [7, 11) is 0. The number of ether oxygens (including phenoxy) is 2. The molecule has 0 bridgehead atoms. The summed E-state index contributed by atoms with van der Waals surface area (Å²) in [5.41, 5.74) is 0.713. The number of halogens is 3. The van der Waals surface area contributed by atoms with Crippen molar-refractivity contribution in [2.75, 3.05) is 13.2 Å². The Morgan fingerprint density at radius 2 is 1.92 bits per heavy atom. The van der Waals surface area contributed by atoms with E-state index in [1.54, 1.807) is 30.3 Å². The van der Waals surface area contributed by atoms with Gasteiger partial charge in [-0.1, -0.05) is 30.3 Å². The van der Waals surface area contributed by atoms with Gasteiger partial charge in [0.15, 0.2) is 6.04 Å². The molecule has 6 nitrogen and oxygen atoms in total. The second kappa shape index (κ2) is 8.19. The molecule has 25 heavy (non-hydrogen) atoms. The molecule has 1 aromatic rings. The number of piperidine rings is 1. The number of carboxylic acids is 1. The number of likely N-dealkylation sites (tertiary alicyclic amines) is 1. The van der Waals surface area contributed by atoms with Crippen LogP contribution in [0, 0.1) is 0 Å². The van der Waals surface area contributed by atoms with E-state index in [1.807, 2.05) is 0 Å². The van der Waals surface area contributed by atoms with Gasteiger partial charge in [0.25, 0.3) is 0 Å². The van der Waals surface area contributed by atoms with E-state index in [4.69, 9.17) is 9.47 Å². The van der Waals surface area contributed by atoms with Crippen molar-refractivity contribution in [3.8, 4) is 0 Å². The van der Waals surface area contributed by atoms with Crippen molar-refractivity contribution in [1.29, 1.82) is 0 Å². The second-order valence-electron chi connectivity index (χ2n) is 5.62. The van der Waals surface area contributed by atoms with E-state index in [-0.39, 0.29) is 19.6 Å². The highest BCUT2D eigenvalue weighted by molar-refractivity contribution is 5.81. The number of rotatable bonds is 5. The molecule has 1 heterocycles. The lowest BCUT2D eigenvalue weighted by atomic mass is 9.99. The number of carbonyl (C=O) groups excluding carboxylic acids is 1. The average Bonchev–Trinajstić information content (AvgIpc) is 2.57. The summed E-state index contributed by atoms with van der Waals surface area (Å²) in [4.78, 5) is 24.6. The standard InChI is InChI=1S/C16H18F3NO5/c17-16(18,19)10-25-12-7-4-8-20(13(12)14(21)22)15(23)24-9-11-5-2-1-3-6-11/h1-3,5-6,12-13H,4,7-10H2,(H,21,22). The topological polar surface area (TPSA) is 76.1 Å². The van der Waals surface area contributed by atoms with Crippen LogP contribution in [-0.2, 0) is 20.9 Å². The van der Waals surface area contributed by atoms with Gasteiger partial charge in [-0.25, -0.2) is 9.59 Å². The lowest BCUT2D eigenvalue weighted by molar-refractivity contribution is -0.198. The maximum Gasteiger partial charge on any atom is 0.411 e. The largest absolute Gasteiger partial charge is 0.480 e. The van der Waals surface area contributed by atoms with Gasteiger partial charge in [0.2, 0.25) is 0 Å². The van der Waals surface area contributed by atoms with E-state index in [2.05, 4.69) is 0 Å². The lowest BCUT2D eigenvalue weighted by Crippen LogP contribution is -2.56. The van der Waals surface area contributed by atoms with Crippen molar-refractivity contribution in [3.63, 3.8) is 0 Å². The van der Waals surface area contributed by atoms with Gasteiger partial charge in [-0.05, 0) is 18.4 Å². The molecule has 1 fully saturated rings. The molecule has 2 rings (SSSR count). The van der Waals surface area contributed by atoms with Gasteiger partial charge >= 0.3 is 18.2 Å². The molecule has 1 N–H and O–H groups in total. The van der Waals surface area contributed by atoms with Gasteiger partial charge in [0.05, 0.1) is 6.10 Å². The summed E-state index contributed by atoms with van der Waals surface area (Å²) in [5, 5.41) is 9.33. The maximum absolute atomic E-state index is 12.3. The number of aliphatic carboxylic acids is 1. The van der Waals surface area contributed by atoms with Gasteiger partial charge < -0.3 is 14.6 Å². The van der Waals surface area contributed by atoms with Gasteiger partial charge in [-0.15, -0.1) is 0 Å². The smallest absolute Gasteiger partial charge is 0.411 e. The van der Waals surface area contributed by atoms with E-state index in [1.165, 1.54) is 0 Å². The van der Waals surface area contributed by atoms with Crippen LogP contribution in [0.2, 0.25) is 0 Å². The molecule has 1 amide bonds. The summed E-state index contributed by atoms with van der Waals surface area (Å²) < 4.78 is 46.8. The molecule has 1 aromatic carbocycles. The van der Waals surface area contributed by atoms with Crippen molar-refractivity contribution >= 4 is 12.1 Å². The average molecular weight is 361 g/mol. The highest BCUT2D eigenvalue weighted by atomic mass is 19.4. The van der Waals surface area contributed by atoms with Crippen LogP contribution in [0.1, 0.15) is 18.4 Å². The predicted octanol–water partition coefficient (Wildman–Crippen LogP) is 2.82. The zero-order valence-electron chi connectivity index (χ0n) is 13.2. The Morgan fingerprint density at radius 1 is 1.24 bits per heavy atom. The Hall–Kier alpha value is -2.29. The summed E-state index contributed by atoms with van der Waals surface area (Å²) in [6.45, 7) is -1.54. The first-order chi connectivity index (χ1) is 11.8. The Labute approximate surface area is 142 Å². The quantitative estimate of drug-likeness (QED) is 0.873. The number of nitrogens with zero attached hydrogens (tertiary/aromatic N) is 1. The summed E-state index contributed by atoms with van der Waals surface area (Å²) >= 11 is 0. The molecule has 9 heteroatoms. The fourth-order valence-corrected chi connectivity index (χ4v) is 2.64. The molecule has 2 atom stereocenters. The van der Waals surface area contributed by atoms with Crippen LogP contribution in [-0.4, -0.2) is 53.5 Å². The fraction of sp³-hybridized carbons (Fsp3) is 0.500. The van der Waals surface area contributed by atoms with Crippen molar-refractivity contribution in [3.05, 3.63) is 35.9 Å². The van der Waals surface area contributed by atoms with Crippen LogP contribution >= 0.6 is 0 Å². The minimum absolute atomic E-state index is 0.0589. The van der Waals surface area contributed by atoms with Crippen molar-refractivity contribution in [2.24, 2.45) is 0 Å².